The van der Waals surface area contributed by atoms with Crippen LogP contribution in [0.1, 0.15) is 49.1 Å². The molecular formula is C17H24N2O. The molecule has 0 bridgehead atoms. The van der Waals surface area contributed by atoms with Gasteiger partial charge < -0.3 is 11.1 Å². The Morgan fingerprint density at radius 1 is 1.20 bits per heavy atom. The maximum atomic E-state index is 12.6. The van der Waals surface area contributed by atoms with Gasteiger partial charge in [0.2, 0.25) is 5.91 Å². The van der Waals surface area contributed by atoms with E-state index in [1.807, 2.05) is 6.07 Å². The number of carbonyl (C=O) groups is 1. The number of aryl methyl sites for hydroxylation is 1. The first kappa shape index (κ1) is 13.6. The Morgan fingerprint density at radius 3 is 2.90 bits per heavy atom. The van der Waals surface area contributed by atoms with E-state index in [4.69, 9.17) is 5.73 Å². The van der Waals surface area contributed by atoms with Gasteiger partial charge in [-0.15, -0.1) is 0 Å². The lowest BCUT2D eigenvalue weighted by Crippen LogP contribution is -2.42. The summed E-state index contributed by atoms with van der Waals surface area (Å²) in [4.78, 5) is 12.6. The fraction of sp³-hybridized carbons (Fsp3) is 0.588. The second-order valence-corrected chi connectivity index (χ2v) is 6.19. The summed E-state index contributed by atoms with van der Waals surface area (Å²) in [6.07, 6.45) is 6.62. The van der Waals surface area contributed by atoms with Crippen molar-refractivity contribution < 1.29 is 4.79 Å². The van der Waals surface area contributed by atoms with Crippen LogP contribution < -0.4 is 11.1 Å². The van der Waals surface area contributed by atoms with Crippen molar-refractivity contribution in [2.45, 2.75) is 50.5 Å². The fourth-order valence-corrected chi connectivity index (χ4v) is 3.82. The molecule has 1 aromatic carbocycles. The van der Waals surface area contributed by atoms with Gasteiger partial charge in [-0.25, -0.2) is 0 Å². The van der Waals surface area contributed by atoms with Crippen LogP contribution in [0, 0.1) is 5.92 Å². The van der Waals surface area contributed by atoms with Crippen molar-refractivity contribution in [3.63, 3.8) is 0 Å². The molecular weight excluding hydrogens is 248 g/mol. The molecule has 108 valence electrons. The molecule has 0 aromatic heterocycles. The Hall–Kier alpha value is -1.35. The lowest BCUT2D eigenvalue weighted by atomic mass is 9.82. The van der Waals surface area contributed by atoms with Crippen LogP contribution in [-0.4, -0.2) is 18.5 Å². The molecule has 1 amide bonds. The molecule has 0 saturated heterocycles. The van der Waals surface area contributed by atoms with Crippen LogP contribution in [0.5, 0.6) is 0 Å². The summed E-state index contributed by atoms with van der Waals surface area (Å²) >= 11 is 0. The van der Waals surface area contributed by atoms with Gasteiger partial charge in [0.1, 0.15) is 0 Å². The molecule has 0 heterocycles. The number of nitrogens with one attached hydrogen (secondary N) is 1. The molecule has 0 spiro atoms. The molecule has 0 aliphatic heterocycles. The quantitative estimate of drug-likeness (QED) is 0.887. The normalized spacial score (nSPS) is 28.9. The lowest BCUT2D eigenvalue weighted by molar-refractivity contribution is -0.123. The van der Waals surface area contributed by atoms with Crippen LogP contribution in [0.25, 0.3) is 0 Å². The monoisotopic (exact) mass is 272 g/mol. The summed E-state index contributed by atoms with van der Waals surface area (Å²) in [5.74, 6) is 0.722. The van der Waals surface area contributed by atoms with Crippen molar-refractivity contribution in [2.75, 3.05) is 6.54 Å². The first-order chi connectivity index (χ1) is 9.79. The Bertz CT molecular complexity index is 486. The number of nitrogens with two attached hydrogens (primary N) is 1. The zero-order valence-corrected chi connectivity index (χ0v) is 12.0. The lowest BCUT2D eigenvalue weighted by Gasteiger charge is -2.27. The van der Waals surface area contributed by atoms with E-state index in [1.54, 1.807) is 0 Å². The van der Waals surface area contributed by atoms with Gasteiger partial charge in [0, 0.05) is 6.04 Å². The largest absolute Gasteiger partial charge is 0.353 e. The first-order valence-electron chi connectivity index (χ1n) is 7.88. The van der Waals surface area contributed by atoms with Gasteiger partial charge in [-0.2, -0.15) is 0 Å². The number of hydrogen-bond donors (Lipinski definition) is 2. The average molecular weight is 272 g/mol. The van der Waals surface area contributed by atoms with Crippen molar-refractivity contribution >= 4 is 5.91 Å². The van der Waals surface area contributed by atoms with Crippen LogP contribution in [0.3, 0.4) is 0 Å². The molecule has 1 saturated carbocycles. The average Bonchev–Trinajstić information content (AvgIpc) is 2.93. The Morgan fingerprint density at radius 2 is 2.05 bits per heavy atom. The summed E-state index contributed by atoms with van der Waals surface area (Å²) in [6, 6.07) is 8.69. The minimum Gasteiger partial charge on any atom is -0.353 e. The highest BCUT2D eigenvalue weighted by Crippen LogP contribution is 2.32. The van der Waals surface area contributed by atoms with Crippen LogP contribution in [0.15, 0.2) is 24.3 Å². The van der Waals surface area contributed by atoms with Crippen molar-refractivity contribution in [1.82, 2.24) is 5.32 Å². The summed E-state index contributed by atoms with van der Waals surface area (Å²) in [6.45, 7) is 0.687. The number of benzene rings is 1. The van der Waals surface area contributed by atoms with Gasteiger partial charge in [0.25, 0.3) is 0 Å². The summed E-state index contributed by atoms with van der Waals surface area (Å²) < 4.78 is 0. The van der Waals surface area contributed by atoms with Gasteiger partial charge in [-0.1, -0.05) is 30.7 Å². The van der Waals surface area contributed by atoms with Crippen molar-refractivity contribution in [3.05, 3.63) is 35.4 Å². The second kappa shape index (κ2) is 5.96. The standard InChI is InChI=1S/C17H24N2O/c18-11-13-7-4-10-16(13)19-17(20)15-9-3-6-12-5-1-2-8-14(12)15/h1-2,5,8,13,15-16H,3-4,6-7,9-11,18H2,(H,19,20). The minimum atomic E-state index is 0.0407. The number of carbonyl (C=O) groups excluding carboxylic acids is 1. The van der Waals surface area contributed by atoms with E-state index < -0.39 is 0 Å². The predicted octanol–water partition coefficient (Wildman–Crippen LogP) is 2.35. The predicted molar refractivity (Wildman–Crippen MR) is 80.4 cm³/mol. The minimum absolute atomic E-state index is 0.0407. The van der Waals surface area contributed by atoms with Crippen LogP contribution in [0.2, 0.25) is 0 Å². The Labute approximate surface area is 120 Å². The third-order valence-electron chi connectivity index (χ3n) is 4.98. The summed E-state index contributed by atoms with van der Waals surface area (Å²) in [5.41, 5.74) is 8.39. The van der Waals surface area contributed by atoms with Gasteiger partial charge in [-0.3, -0.25) is 4.79 Å². The molecule has 3 unspecified atom stereocenters. The highest BCUT2D eigenvalue weighted by molar-refractivity contribution is 5.84. The third-order valence-corrected chi connectivity index (χ3v) is 4.98. The Kier molecular flexibility index (Phi) is 4.06. The first-order valence-corrected chi connectivity index (χ1v) is 7.88. The maximum absolute atomic E-state index is 12.6. The zero-order chi connectivity index (χ0) is 13.9. The summed E-state index contributed by atoms with van der Waals surface area (Å²) in [5, 5.41) is 3.27. The van der Waals surface area contributed by atoms with Gasteiger partial charge in [0.15, 0.2) is 0 Å². The zero-order valence-electron chi connectivity index (χ0n) is 12.0. The van der Waals surface area contributed by atoms with Crippen LogP contribution >= 0.6 is 0 Å². The van der Waals surface area contributed by atoms with Gasteiger partial charge >= 0.3 is 0 Å². The molecule has 2 aliphatic carbocycles. The van der Waals surface area contributed by atoms with E-state index in [-0.39, 0.29) is 11.8 Å². The van der Waals surface area contributed by atoms with Crippen molar-refractivity contribution in [1.29, 1.82) is 0 Å². The second-order valence-electron chi connectivity index (χ2n) is 6.19. The summed E-state index contributed by atoms with van der Waals surface area (Å²) in [7, 11) is 0. The van der Waals surface area contributed by atoms with Crippen molar-refractivity contribution in [3.8, 4) is 0 Å². The topological polar surface area (TPSA) is 55.1 Å². The van der Waals surface area contributed by atoms with Crippen LogP contribution in [-0.2, 0) is 11.2 Å². The fourth-order valence-electron chi connectivity index (χ4n) is 3.82. The highest BCUT2D eigenvalue weighted by Gasteiger charge is 2.31. The smallest absolute Gasteiger partial charge is 0.227 e. The molecule has 3 heteroatoms. The van der Waals surface area contributed by atoms with Gasteiger partial charge in [-0.05, 0) is 55.7 Å². The van der Waals surface area contributed by atoms with Gasteiger partial charge in [0.05, 0.1) is 5.92 Å². The number of rotatable bonds is 3. The van der Waals surface area contributed by atoms with E-state index in [2.05, 4.69) is 23.5 Å². The van der Waals surface area contributed by atoms with Crippen molar-refractivity contribution in [2.24, 2.45) is 11.7 Å². The van der Waals surface area contributed by atoms with E-state index in [0.29, 0.717) is 18.5 Å². The third kappa shape index (κ3) is 2.59. The van der Waals surface area contributed by atoms with Crippen LogP contribution in [0.4, 0.5) is 0 Å². The number of fused-ring (bicyclic) bond motifs is 1. The molecule has 1 aromatic rings. The maximum Gasteiger partial charge on any atom is 0.227 e. The number of amides is 1. The molecule has 3 rings (SSSR count). The van der Waals surface area contributed by atoms with E-state index >= 15 is 0 Å². The molecule has 3 atom stereocenters. The number of hydrogen-bond acceptors (Lipinski definition) is 2. The molecule has 3 N–H and O–H groups in total. The molecule has 20 heavy (non-hydrogen) atoms. The highest BCUT2D eigenvalue weighted by atomic mass is 16.1. The SMILES string of the molecule is NCC1CCCC1NC(=O)C1CCCc2ccccc21. The van der Waals surface area contributed by atoms with E-state index in [0.717, 1.165) is 32.1 Å². The molecule has 1 fully saturated rings. The van der Waals surface area contributed by atoms with E-state index in [9.17, 15) is 4.79 Å². The molecule has 2 aliphatic rings. The molecule has 3 nitrogen and oxygen atoms in total. The Balaban J connectivity index is 1.72. The van der Waals surface area contributed by atoms with E-state index in [1.165, 1.54) is 17.5 Å². The molecule has 0 radical (unpaired) electrons.